The molecule has 0 aromatic heterocycles. The molecule has 0 fully saturated rings. The number of hydrogen-bond acceptors (Lipinski definition) is 3. The van der Waals surface area contributed by atoms with Gasteiger partial charge in [-0.2, -0.15) is 0 Å². The van der Waals surface area contributed by atoms with Gasteiger partial charge in [0.1, 0.15) is 0 Å². The molecular weight excluding hydrogens is 294 g/mol. The molecule has 0 aliphatic rings. The number of benzene rings is 1. The van der Waals surface area contributed by atoms with Crippen molar-refractivity contribution in [2.24, 2.45) is 5.73 Å². The smallest absolute Gasteiger partial charge is 0.305 e. The van der Waals surface area contributed by atoms with Crippen LogP contribution in [0.15, 0.2) is 22.7 Å². The van der Waals surface area contributed by atoms with Crippen molar-refractivity contribution in [3.05, 3.63) is 33.8 Å². The van der Waals surface area contributed by atoms with E-state index in [9.17, 15) is 4.79 Å². The number of carbonyl (C=O) groups excluding carboxylic acids is 1. The molecule has 0 aliphatic carbocycles. The summed E-state index contributed by atoms with van der Waals surface area (Å²) in [6.07, 6.45) is 1.84. The van der Waals surface area contributed by atoms with Crippen LogP contribution < -0.4 is 5.73 Å². The molecule has 0 saturated carbocycles. The highest BCUT2D eigenvalue weighted by molar-refractivity contribution is 9.10. The molecule has 2 N–H and O–H groups in total. The fourth-order valence-electron chi connectivity index (χ4n) is 1.77. The number of aryl methyl sites for hydroxylation is 1. The maximum Gasteiger partial charge on any atom is 0.305 e. The van der Waals surface area contributed by atoms with Crippen LogP contribution in [0.5, 0.6) is 0 Å². The Bertz CT molecular complexity index is 407. The Kier molecular flexibility index (Phi) is 6.36. The first-order valence-electron chi connectivity index (χ1n) is 6.19. The van der Waals surface area contributed by atoms with Gasteiger partial charge < -0.3 is 10.5 Å². The second-order valence-electron chi connectivity index (χ2n) is 4.39. The molecule has 0 amide bonds. The summed E-state index contributed by atoms with van der Waals surface area (Å²) < 4.78 is 5.98. The van der Waals surface area contributed by atoms with E-state index >= 15 is 0 Å². The monoisotopic (exact) mass is 313 g/mol. The molecule has 100 valence electrons. The summed E-state index contributed by atoms with van der Waals surface area (Å²) in [5.41, 5.74) is 8.42. The van der Waals surface area contributed by atoms with Crippen molar-refractivity contribution in [1.29, 1.82) is 0 Å². The van der Waals surface area contributed by atoms with E-state index in [4.69, 9.17) is 10.5 Å². The van der Waals surface area contributed by atoms with Crippen LogP contribution in [0.25, 0.3) is 0 Å². The van der Waals surface area contributed by atoms with Crippen molar-refractivity contribution in [3.63, 3.8) is 0 Å². The summed E-state index contributed by atoms with van der Waals surface area (Å²) in [6, 6.07) is 6.20. The number of nitrogens with two attached hydrogens (primary N) is 1. The maximum atomic E-state index is 11.2. The second-order valence-corrected chi connectivity index (χ2v) is 5.25. The van der Waals surface area contributed by atoms with E-state index in [1.165, 1.54) is 11.1 Å². The van der Waals surface area contributed by atoms with Crippen molar-refractivity contribution >= 4 is 21.9 Å². The van der Waals surface area contributed by atoms with Crippen molar-refractivity contribution in [3.8, 4) is 0 Å². The molecule has 0 heterocycles. The Morgan fingerprint density at radius 3 is 2.83 bits per heavy atom. The highest BCUT2D eigenvalue weighted by Crippen LogP contribution is 2.18. The van der Waals surface area contributed by atoms with Gasteiger partial charge in [-0.05, 0) is 43.9 Å². The molecule has 0 spiro atoms. The lowest BCUT2D eigenvalue weighted by molar-refractivity contribution is -0.143. The third kappa shape index (κ3) is 5.19. The van der Waals surface area contributed by atoms with Gasteiger partial charge in [-0.1, -0.05) is 28.1 Å². The van der Waals surface area contributed by atoms with E-state index in [1.54, 1.807) is 0 Å². The second kappa shape index (κ2) is 7.54. The molecule has 0 aliphatic heterocycles. The largest absolute Gasteiger partial charge is 0.466 e. The molecular formula is C14H20BrNO2. The molecule has 3 nitrogen and oxygen atoms in total. The Morgan fingerprint density at radius 2 is 2.22 bits per heavy atom. The van der Waals surface area contributed by atoms with Gasteiger partial charge in [0.05, 0.1) is 6.61 Å². The highest BCUT2D eigenvalue weighted by Gasteiger charge is 2.09. The number of carbonyl (C=O) groups is 1. The van der Waals surface area contributed by atoms with E-state index < -0.39 is 0 Å². The summed E-state index contributed by atoms with van der Waals surface area (Å²) >= 11 is 3.47. The van der Waals surface area contributed by atoms with Crippen molar-refractivity contribution in [1.82, 2.24) is 0 Å². The van der Waals surface area contributed by atoms with Crippen LogP contribution in [0.2, 0.25) is 0 Å². The zero-order valence-electron chi connectivity index (χ0n) is 10.9. The summed E-state index contributed by atoms with van der Waals surface area (Å²) in [6.45, 7) is 4.29. The van der Waals surface area contributed by atoms with Crippen LogP contribution in [0, 0.1) is 6.92 Å². The van der Waals surface area contributed by atoms with Gasteiger partial charge in [0, 0.05) is 16.9 Å². The minimum absolute atomic E-state index is 0.00465. The normalized spacial score (nSPS) is 12.2. The van der Waals surface area contributed by atoms with Crippen LogP contribution in [0.1, 0.15) is 30.9 Å². The number of ether oxygens (including phenoxy) is 1. The third-order valence-electron chi connectivity index (χ3n) is 2.74. The number of rotatable bonds is 6. The lowest BCUT2D eigenvalue weighted by Gasteiger charge is -2.12. The van der Waals surface area contributed by atoms with Crippen molar-refractivity contribution < 1.29 is 9.53 Å². The molecule has 1 rings (SSSR count). The quantitative estimate of drug-likeness (QED) is 0.821. The first kappa shape index (κ1) is 15.2. The van der Waals surface area contributed by atoms with E-state index in [2.05, 4.69) is 35.0 Å². The topological polar surface area (TPSA) is 52.3 Å². The molecule has 1 aromatic carbocycles. The highest BCUT2D eigenvalue weighted by atomic mass is 79.9. The van der Waals surface area contributed by atoms with Crippen LogP contribution >= 0.6 is 15.9 Å². The molecule has 4 heteroatoms. The van der Waals surface area contributed by atoms with Crippen LogP contribution in [-0.4, -0.2) is 18.6 Å². The summed E-state index contributed by atoms with van der Waals surface area (Å²) in [5.74, 6) is -0.167. The van der Waals surface area contributed by atoms with E-state index in [0.29, 0.717) is 19.4 Å². The summed E-state index contributed by atoms with van der Waals surface area (Å²) in [7, 11) is 0. The zero-order chi connectivity index (χ0) is 13.5. The molecule has 0 bridgehead atoms. The number of hydrogen-bond donors (Lipinski definition) is 1. The fourth-order valence-corrected chi connectivity index (χ4v) is 2.02. The van der Waals surface area contributed by atoms with Gasteiger partial charge >= 0.3 is 5.97 Å². The van der Waals surface area contributed by atoms with Gasteiger partial charge in [-0.25, -0.2) is 0 Å². The lowest BCUT2D eigenvalue weighted by atomic mass is 10.0. The predicted octanol–water partition coefficient (Wildman–Crippen LogP) is 2.97. The van der Waals surface area contributed by atoms with Gasteiger partial charge in [-0.15, -0.1) is 0 Å². The Labute approximate surface area is 117 Å². The number of esters is 1. The van der Waals surface area contributed by atoms with Crippen LogP contribution in [0.4, 0.5) is 0 Å². The maximum absolute atomic E-state index is 11.2. The first-order chi connectivity index (χ1) is 8.52. The molecule has 0 saturated heterocycles. The van der Waals surface area contributed by atoms with Crippen molar-refractivity contribution in [2.45, 2.75) is 39.2 Å². The lowest BCUT2D eigenvalue weighted by Crippen LogP contribution is -2.24. The molecule has 1 aromatic rings. The molecule has 1 unspecified atom stereocenters. The van der Waals surface area contributed by atoms with Crippen LogP contribution in [-0.2, 0) is 16.0 Å². The molecule has 18 heavy (non-hydrogen) atoms. The fraction of sp³-hybridized carbons (Fsp3) is 0.500. The SMILES string of the molecule is CCOC(=O)CCC(N)Cc1ccc(Br)c(C)c1. The Hall–Kier alpha value is -0.870. The van der Waals surface area contributed by atoms with Gasteiger partial charge in [-0.3, -0.25) is 4.79 Å². The molecule has 1 atom stereocenters. The van der Waals surface area contributed by atoms with Gasteiger partial charge in [0.15, 0.2) is 0 Å². The average molecular weight is 314 g/mol. The predicted molar refractivity (Wildman–Crippen MR) is 76.4 cm³/mol. The van der Waals surface area contributed by atoms with Gasteiger partial charge in [0.2, 0.25) is 0 Å². The minimum Gasteiger partial charge on any atom is -0.466 e. The third-order valence-corrected chi connectivity index (χ3v) is 3.63. The van der Waals surface area contributed by atoms with E-state index in [1.807, 2.05) is 13.0 Å². The van der Waals surface area contributed by atoms with Gasteiger partial charge in [0.25, 0.3) is 0 Å². The minimum atomic E-state index is -0.167. The standard InChI is InChI=1S/C14H20BrNO2/c1-3-18-14(17)7-5-12(16)9-11-4-6-13(15)10(2)8-11/h4,6,8,12H,3,5,7,9,16H2,1-2H3. The van der Waals surface area contributed by atoms with Crippen molar-refractivity contribution in [2.75, 3.05) is 6.61 Å². The van der Waals surface area contributed by atoms with E-state index in [0.717, 1.165) is 10.9 Å². The summed E-state index contributed by atoms with van der Waals surface area (Å²) in [4.78, 5) is 11.2. The molecule has 0 radical (unpaired) electrons. The Morgan fingerprint density at radius 1 is 1.50 bits per heavy atom. The number of halogens is 1. The average Bonchev–Trinajstić information content (AvgIpc) is 2.32. The van der Waals surface area contributed by atoms with Crippen LogP contribution in [0.3, 0.4) is 0 Å². The summed E-state index contributed by atoms with van der Waals surface area (Å²) in [5, 5.41) is 0. The van der Waals surface area contributed by atoms with E-state index in [-0.39, 0.29) is 12.0 Å². The Balaban J connectivity index is 2.42. The first-order valence-corrected chi connectivity index (χ1v) is 6.98. The zero-order valence-corrected chi connectivity index (χ0v) is 12.5.